The van der Waals surface area contributed by atoms with Gasteiger partial charge >= 0.3 is 0 Å². The van der Waals surface area contributed by atoms with Crippen LogP contribution in [0.15, 0.2) is 46.0 Å². The van der Waals surface area contributed by atoms with Crippen molar-refractivity contribution in [2.45, 2.75) is 30.6 Å². The summed E-state index contributed by atoms with van der Waals surface area (Å²) in [6, 6.07) is 8.26. The summed E-state index contributed by atoms with van der Waals surface area (Å²) in [4.78, 5) is 12.4. The average Bonchev–Trinajstić information content (AvgIpc) is 3.06. The van der Waals surface area contributed by atoms with Crippen LogP contribution in [0, 0.1) is 11.7 Å². The number of thiophene rings is 1. The summed E-state index contributed by atoms with van der Waals surface area (Å²) in [6.45, 7) is 3.48. The first kappa shape index (κ1) is 18.6. The molecule has 1 aromatic carbocycles. The first-order valence-corrected chi connectivity index (χ1v) is 9.74. The van der Waals surface area contributed by atoms with Gasteiger partial charge in [0.1, 0.15) is 16.1 Å². The van der Waals surface area contributed by atoms with Crippen molar-refractivity contribution in [3.63, 3.8) is 0 Å². The molecule has 24 heavy (non-hydrogen) atoms. The van der Waals surface area contributed by atoms with E-state index >= 15 is 0 Å². The Labute approximate surface area is 145 Å². The van der Waals surface area contributed by atoms with Gasteiger partial charge in [0.25, 0.3) is 10.0 Å². The molecule has 0 bridgehead atoms. The standard InChI is InChI=1S/C16H19FN2O3S2/c1-11(2)15(19-24(21,22)14-8-5-9-23-14)16(20)18-10-12-6-3-4-7-13(12)17/h3-9,11,15,19H,10H2,1-2H3,(H,18,20). The Hall–Kier alpha value is -1.77. The first-order valence-electron chi connectivity index (χ1n) is 7.38. The SMILES string of the molecule is CC(C)C(NS(=O)(=O)c1cccs1)C(=O)NCc1ccccc1F. The molecule has 1 atom stereocenters. The molecule has 0 aliphatic carbocycles. The Bertz CT molecular complexity index is 789. The minimum atomic E-state index is -3.76. The van der Waals surface area contributed by atoms with Crippen molar-refractivity contribution in [3.8, 4) is 0 Å². The number of carbonyl (C=O) groups is 1. The van der Waals surface area contributed by atoms with Crippen LogP contribution in [0.3, 0.4) is 0 Å². The normalized spacial score (nSPS) is 13.0. The second kappa shape index (κ2) is 7.87. The van der Waals surface area contributed by atoms with Gasteiger partial charge in [-0.25, -0.2) is 12.8 Å². The highest BCUT2D eigenvalue weighted by Crippen LogP contribution is 2.17. The van der Waals surface area contributed by atoms with E-state index in [9.17, 15) is 17.6 Å². The zero-order chi connectivity index (χ0) is 17.7. The highest BCUT2D eigenvalue weighted by Gasteiger charge is 2.28. The molecule has 2 rings (SSSR count). The van der Waals surface area contributed by atoms with Gasteiger partial charge in [-0.3, -0.25) is 4.79 Å². The van der Waals surface area contributed by atoms with Gasteiger partial charge in [0.15, 0.2) is 0 Å². The van der Waals surface area contributed by atoms with Crippen LogP contribution >= 0.6 is 11.3 Å². The van der Waals surface area contributed by atoms with E-state index in [1.54, 1.807) is 43.5 Å². The fourth-order valence-corrected chi connectivity index (χ4v) is 4.42. The van der Waals surface area contributed by atoms with Crippen molar-refractivity contribution >= 4 is 27.3 Å². The predicted molar refractivity (Wildman–Crippen MR) is 91.5 cm³/mol. The molecule has 0 fully saturated rings. The summed E-state index contributed by atoms with van der Waals surface area (Å²) in [6.07, 6.45) is 0. The average molecular weight is 370 g/mol. The van der Waals surface area contributed by atoms with Gasteiger partial charge in [-0.2, -0.15) is 4.72 Å². The molecule has 1 aromatic heterocycles. The summed E-state index contributed by atoms with van der Waals surface area (Å²) in [5.41, 5.74) is 0.342. The van der Waals surface area contributed by atoms with Crippen LogP contribution in [0.2, 0.25) is 0 Å². The topological polar surface area (TPSA) is 75.3 Å². The van der Waals surface area contributed by atoms with Crippen LogP contribution in [-0.2, 0) is 21.4 Å². The van der Waals surface area contributed by atoms with Crippen LogP contribution in [-0.4, -0.2) is 20.4 Å². The van der Waals surface area contributed by atoms with E-state index in [-0.39, 0.29) is 16.7 Å². The third-order valence-electron chi connectivity index (χ3n) is 3.40. The fourth-order valence-electron chi connectivity index (χ4n) is 2.07. The number of carbonyl (C=O) groups excluding carboxylic acids is 1. The Morgan fingerprint density at radius 3 is 2.50 bits per heavy atom. The van der Waals surface area contributed by atoms with Crippen molar-refractivity contribution in [1.82, 2.24) is 10.0 Å². The van der Waals surface area contributed by atoms with Gasteiger partial charge in [0.05, 0.1) is 0 Å². The molecule has 130 valence electrons. The van der Waals surface area contributed by atoms with Crippen molar-refractivity contribution in [3.05, 3.63) is 53.2 Å². The van der Waals surface area contributed by atoms with E-state index in [0.717, 1.165) is 11.3 Å². The Balaban J connectivity index is 2.07. The van der Waals surface area contributed by atoms with Crippen LogP contribution in [0.1, 0.15) is 19.4 Å². The van der Waals surface area contributed by atoms with E-state index in [0.29, 0.717) is 5.56 Å². The van der Waals surface area contributed by atoms with E-state index in [1.807, 2.05) is 0 Å². The van der Waals surface area contributed by atoms with E-state index in [2.05, 4.69) is 10.0 Å². The van der Waals surface area contributed by atoms with Gasteiger partial charge in [0.2, 0.25) is 5.91 Å². The summed E-state index contributed by atoms with van der Waals surface area (Å²) >= 11 is 1.08. The van der Waals surface area contributed by atoms with Crippen LogP contribution in [0.4, 0.5) is 4.39 Å². The molecule has 0 radical (unpaired) electrons. The maximum Gasteiger partial charge on any atom is 0.250 e. The molecule has 0 spiro atoms. The van der Waals surface area contributed by atoms with Crippen LogP contribution < -0.4 is 10.0 Å². The number of hydrogen-bond donors (Lipinski definition) is 2. The van der Waals surface area contributed by atoms with Crippen molar-refractivity contribution in [1.29, 1.82) is 0 Å². The second-order valence-electron chi connectivity index (χ2n) is 5.58. The quantitative estimate of drug-likeness (QED) is 0.786. The number of hydrogen-bond acceptors (Lipinski definition) is 4. The Morgan fingerprint density at radius 1 is 1.21 bits per heavy atom. The molecule has 0 aliphatic rings. The molecule has 1 unspecified atom stereocenters. The highest BCUT2D eigenvalue weighted by molar-refractivity contribution is 7.91. The molecule has 2 N–H and O–H groups in total. The minimum absolute atomic E-state index is 0.00451. The van der Waals surface area contributed by atoms with Crippen molar-refractivity contribution < 1.29 is 17.6 Å². The molecule has 2 aromatic rings. The predicted octanol–water partition coefficient (Wildman–Crippen LogP) is 2.51. The summed E-state index contributed by atoms with van der Waals surface area (Å²) in [7, 11) is -3.76. The minimum Gasteiger partial charge on any atom is -0.351 e. The smallest absolute Gasteiger partial charge is 0.250 e. The number of amides is 1. The van der Waals surface area contributed by atoms with E-state index < -0.39 is 27.8 Å². The molecule has 0 aliphatic heterocycles. The molecule has 8 heteroatoms. The summed E-state index contributed by atoms with van der Waals surface area (Å²) < 4.78 is 40.8. The molecule has 1 heterocycles. The van der Waals surface area contributed by atoms with Crippen molar-refractivity contribution in [2.75, 3.05) is 0 Å². The third-order valence-corrected chi connectivity index (χ3v) is 6.24. The molecular formula is C16H19FN2O3S2. The molecule has 5 nitrogen and oxygen atoms in total. The van der Waals surface area contributed by atoms with Crippen molar-refractivity contribution in [2.24, 2.45) is 5.92 Å². The second-order valence-corrected chi connectivity index (χ2v) is 8.47. The lowest BCUT2D eigenvalue weighted by Crippen LogP contribution is -2.49. The maximum atomic E-state index is 13.6. The number of halogens is 1. The summed E-state index contributed by atoms with van der Waals surface area (Å²) in [5.74, 6) is -1.17. The molecular weight excluding hydrogens is 351 g/mol. The largest absolute Gasteiger partial charge is 0.351 e. The van der Waals surface area contributed by atoms with Gasteiger partial charge in [0, 0.05) is 12.1 Å². The van der Waals surface area contributed by atoms with Gasteiger partial charge < -0.3 is 5.32 Å². The number of nitrogens with one attached hydrogen (secondary N) is 2. The number of rotatable bonds is 7. The lowest BCUT2D eigenvalue weighted by Gasteiger charge is -2.21. The first-order chi connectivity index (χ1) is 11.3. The highest BCUT2D eigenvalue weighted by atomic mass is 32.2. The molecule has 0 saturated heterocycles. The molecule has 0 saturated carbocycles. The van der Waals surface area contributed by atoms with E-state index in [1.165, 1.54) is 12.1 Å². The Morgan fingerprint density at radius 2 is 1.92 bits per heavy atom. The van der Waals surface area contributed by atoms with Gasteiger partial charge in [-0.1, -0.05) is 38.1 Å². The lowest BCUT2D eigenvalue weighted by molar-refractivity contribution is -0.123. The summed E-state index contributed by atoms with van der Waals surface area (Å²) in [5, 5.41) is 4.24. The Kier molecular flexibility index (Phi) is 6.09. The van der Waals surface area contributed by atoms with Gasteiger partial charge in [-0.15, -0.1) is 11.3 Å². The van der Waals surface area contributed by atoms with E-state index in [4.69, 9.17) is 0 Å². The van der Waals surface area contributed by atoms with Crippen LogP contribution in [0.5, 0.6) is 0 Å². The third kappa shape index (κ3) is 4.62. The number of benzene rings is 1. The van der Waals surface area contributed by atoms with Gasteiger partial charge in [-0.05, 0) is 23.4 Å². The maximum absolute atomic E-state index is 13.6. The zero-order valence-electron chi connectivity index (χ0n) is 13.3. The lowest BCUT2D eigenvalue weighted by atomic mass is 10.0. The monoisotopic (exact) mass is 370 g/mol. The molecule has 1 amide bonds. The fraction of sp³-hybridized carbons (Fsp3) is 0.312. The number of sulfonamides is 1. The zero-order valence-corrected chi connectivity index (χ0v) is 15.0. The van der Waals surface area contributed by atoms with Crippen LogP contribution in [0.25, 0.3) is 0 Å².